The standard InChI is InChI=1S/C20H18ClFN2O4S/c1-13-3-8-16(28-13)12-24(2)20(25)18-11-17(9-10-19(18)21)29(26,27)23-15-6-4-14(22)5-7-15/h3-11,23H,12H2,1-2H3. The number of halogens is 2. The van der Waals surface area contributed by atoms with Crippen molar-refractivity contribution in [3.05, 3.63) is 82.5 Å². The molecular formula is C20H18ClFN2O4S. The lowest BCUT2D eigenvalue weighted by atomic mass is 10.2. The van der Waals surface area contributed by atoms with Gasteiger partial charge in [0.1, 0.15) is 17.3 Å². The molecule has 0 bridgehead atoms. The van der Waals surface area contributed by atoms with E-state index >= 15 is 0 Å². The van der Waals surface area contributed by atoms with Gasteiger partial charge in [-0.2, -0.15) is 0 Å². The number of rotatable bonds is 6. The molecule has 0 spiro atoms. The van der Waals surface area contributed by atoms with Gasteiger partial charge in [0.15, 0.2) is 0 Å². The van der Waals surface area contributed by atoms with Gasteiger partial charge >= 0.3 is 0 Å². The number of carbonyl (C=O) groups excluding carboxylic acids is 1. The van der Waals surface area contributed by atoms with Crippen LogP contribution in [0.4, 0.5) is 10.1 Å². The topological polar surface area (TPSA) is 79.6 Å². The highest BCUT2D eigenvalue weighted by atomic mass is 35.5. The second kappa shape index (κ2) is 8.26. The number of sulfonamides is 1. The van der Waals surface area contributed by atoms with Crippen molar-refractivity contribution in [2.24, 2.45) is 0 Å². The molecular weight excluding hydrogens is 419 g/mol. The van der Waals surface area contributed by atoms with Crippen molar-refractivity contribution < 1.29 is 22.0 Å². The second-order valence-corrected chi connectivity index (χ2v) is 8.52. The van der Waals surface area contributed by atoms with E-state index in [1.165, 1.54) is 35.2 Å². The Morgan fingerprint density at radius 2 is 1.83 bits per heavy atom. The predicted molar refractivity (Wildman–Crippen MR) is 108 cm³/mol. The summed E-state index contributed by atoms with van der Waals surface area (Å²) in [5, 5.41) is 0.123. The van der Waals surface area contributed by atoms with Crippen LogP contribution in [0.1, 0.15) is 21.9 Å². The summed E-state index contributed by atoms with van der Waals surface area (Å²) in [5.41, 5.74) is 0.235. The van der Waals surface area contributed by atoms with Crippen molar-refractivity contribution in [3.63, 3.8) is 0 Å². The van der Waals surface area contributed by atoms with Gasteiger partial charge in [-0.25, -0.2) is 12.8 Å². The first kappa shape index (κ1) is 20.9. The molecule has 0 atom stereocenters. The van der Waals surface area contributed by atoms with Crippen molar-refractivity contribution in [2.75, 3.05) is 11.8 Å². The van der Waals surface area contributed by atoms with Crippen molar-refractivity contribution in [3.8, 4) is 0 Å². The molecule has 1 heterocycles. The highest BCUT2D eigenvalue weighted by molar-refractivity contribution is 7.92. The third kappa shape index (κ3) is 4.96. The van der Waals surface area contributed by atoms with Gasteiger partial charge in [-0.1, -0.05) is 11.6 Å². The van der Waals surface area contributed by atoms with Gasteiger partial charge in [0.25, 0.3) is 15.9 Å². The Morgan fingerprint density at radius 1 is 1.14 bits per heavy atom. The average Bonchev–Trinajstić information content (AvgIpc) is 3.07. The van der Waals surface area contributed by atoms with E-state index in [0.717, 1.165) is 17.9 Å². The molecule has 1 aromatic heterocycles. The van der Waals surface area contributed by atoms with Crippen molar-refractivity contribution in [1.82, 2.24) is 4.90 Å². The number of carbonyl (C=O) groups is 1. The van der Waals surface area contributed by atoms with Crippen LogP contribution >= 0.6 is 11.6 Å². The van der Waals surface area contributed by atoms with Crippen LogP contribution in [0, 0.1) is 12.7 Å². The van der Waals surface area contributed by atoms with Crippen LogP contribution in [0.15, 0.2) is 63.9 Å². The minimum Gasteiger partial charge on any atom is -0.464 e. The summed E-state index contributed by atoms with van der Waals surface area (Å²) in [5.74, 6) is 0.375. The Balaban J connectivity index is 1.84. The van der Waals surface area contributed by atoms with Crippen LogP contribution in [0.2, 0.25) is 5.02 Å². The molecule has 29 heavy (non-hydrogen) atoms. The maximum Gasteiger partial charge on any atom is 0.261 e. The molecule has 0 saturated carbocycles. The number of hydrogen-bond donors (Lipinski definition) is 1. The number of amides is 1. The molecule has 3 rings (SSSR count). The molecule has 1 amide bonds. The van der Waals surface area contributed by atoms with Gasteiger partial charge in [0.05, 0.1) is 22.0 Å². The first-order chi connectivity index (χ1) is 13.7. The summed E-state index contributed by atoms with van der Waals surface area (Å²) < 4.78 is 46.1. The maximum absolute atomic E-state index is 13.0. The Kier molecular flexibility index (Phi) is 5.95. The van der Waals surface area contributed by atoms with Gasteiger partial charge in [-0.15, -0.1) is 0 Å². The fourth-order valence-electron chi connectivity index (χ4n) is 2.65. The van der Waals surface area contributed by atoms with Crippen LogP contribution in [0.3, 0.4) is 0 Å². The zero-order valence-electron chi connectivity index (χ0n) is 15.6. The molecule has 0 aliphatic rings. The molecule has 0 saturated heterocycles. The maximum atomic E-state index is 13.0. The number of aryl methyl sites for hydroxylation is 1. The van der Waals surface area contributed by atoms with Gasteiger partial charge in [-0.3, -0.25) is 9.52 Å². The number of hydrogen-bond acceptors (Lipinski definition) is 4. The Labute approximate surface area is 173 Å². The normalized spacial score (nSPS) is 11.3. The van der Waals surface area contributed by atoms with Gasteiger partial charge in [0, 0.05) is 12.7 Å². The molecule has 6 nitrogen and oxygen atoms in total. The molecule has 1 N–H and O–H groups in total. The SMILES string of the molecule is Cc1ccc(CN(C)C(=O)c2cc(S(=O)(=O)Nc3ccc(F)cc3)ccc2Cl)o1. The lowest BCUT2D eigenvalue weighted by Crippen LogP contribution is -2.26. The summed E-state index contributed by atoms with van der Waals surface area (Å²) in [6.45, 7) is 2.00. The van der Waals surface area contributed by atoms with E-state index in [1.807, 2.05) is 0 Å². The van der Waals surface area contributed by atoms with E-state index in [9.17, 15) is 17.6 Å². The molecule has 0 unspecified atom stereocenters. The van der Waals surface area contributed by atoms with E-state index in [1.54, 1.807) is 26.1 Å². The van der Waals surface area contributed by atoms with Crippen molar-refractivity contribution in [2.45, 2.75) is 18.4 Å². The summed E-state index contributed by atoms with van der Waals surface area (Å²) >= 11 is 6.14. The highest BCUT2D eigenvalue weighted by Gasteiger charge is 2.21. The number of benzene rings is 2. The lowest BCUT2D eigenvalue weighted by molar-refractivity contribution is 0.0775. The second-order valence-electron chi connectivity index (χ2n) is 6.43. The molecule has 9 heteroatoms. The summed E-state index contributed by atoms with van der Waals surface area (Å²) in [6.07, 6.45) is 0. The van der Waals surface area contributed by atoms with E-state index in [0.29, 0.717) is 5.76 Å². The van der Waals surface area contributed by atoms with Gasteiger partial charge in [-0.05, 0) is 61.5 Å². The van der Waals surface area contributed by atoms with Crippen molar-refractivity contribution >= 4 is 33.2 Å². The van der Waals surface area contributed by atoms with Gasteiger partial charge < -0.3 is 9.32 Å². The Bertz CT molecular complexity index is 1140. The largest absolute Gasteiger partial charge is 0.464 e. The number of nitrogens with one attached hydrogen (secondary N) is 1. The van der Waals surface area contributed by atoms with Crippen LogP contribution in [-0.2, 0) is 16.6 Å². The molecule has 152 valence electrons. The third-order valence-corrected chi connectivity index (χ3v) is 5.82. The summed E-state index contributed by atoms with van der Waals surface area (Å²) in [6, 6.07) is 12.3. The van der Waals surface area contributed by atoms with E-state index in [4.69, 9.17) is 16.0 Å². The molecule has 3 aromatic rings. The number of nitrogens with zero attached hydrogens (tertiary/aromatic N) is 1. The van der Waals surface area contributed by atoms with Crippen LogP contribution in [-0.4, -0.2) is 26.3 Å². The lowest BCUT2D eigenvalue weighted by Gasteiger charge is -2.17. The minimum absolute atomic E-state index is 0.0411. The average molecular weight is 437 g/mol. The first-order valence-corrected chi connectivity index (χ1v) is 10.4. The third-order valence-electron chi connectivity index (χ3n) is 4.11. The van der Waals surface area contributed by atoms with E-state index in [-0.39, 0.29) is 27.7 Å². The van der Waals surface area contributed by atoms with Crippen LogP contribution < -0.4 is 4.72 Å². The van der Waals surface area contributed by atoms with Crippen LogP contribution in [0.5, 0.6) is 0 Å². The minimum atomic E-state index is -4.00. The molecule has 0 aliphatic carbocycles. The van der Waals surface area contributed by atoms with E-state index < -0.39 is 21.7 Å². The Hall–Kier alpha value is -2.84. The fraction of sp³-hybridized carbons (Fsp3) is 0.150. The smallest absolute Gasteiger partial charge is 0.261 e. The monoisotopic (exact) mass is 436 g/mol. The number of furan rings is 1. The highest BCUT2D eigenvalue weighted by Crippen LogP contribution is 2.24. The quantitative estimate of drug-likeness (QED) is 0.619. The molecule has 0 aliphatic heterocycles. The summed E-state index contributed by atoms with van der Waals surface area (Å²) in [4.78, 5) is 14.0. The van der Waals surface area contributed by atoms with Crippen molar-refractivity contribution in [1.29, 1.82) is 0 Å². The predicted octanol–water partition coefficient (Wildman–Crippen LogP) is 4.45. The molecule has 0 radical (unpaired) electrons. The first-order valence-electron chi connectivity index (χ1n) is 8.54. The zero-order chi connectivity index (χ0) is 21.2. The fourth-order valence-corrected chi connectivity index (χ4v) is 3.93. The van der Waals surface area contributed by atoms with Crippen LogP contribution in [0.25, 0.3) is 0 Å². The van der Waals surface area contributed by atoms with E-state index in [2.05, 4.69) is 4.72 Å². The number of anilines is 1. The Morgan fingerprint density at radius 3 is 2.45 bits per heavy atom. The van der Waals surface area contributed by atoms with Gasteiger partial charge in [0.2, 0.25) is 0 Å². The zero-order valence-corrected chi connectivity index (χ0v) is 17.2. The molecule has 0 fully saturated rings. The summed E-state index contributed by atoms with van der Waals surface area (Å²) in [7, 11) is -2.44. The molecule has 2 aromatic carbocycles.